The second kappa shape index (κ2) is 8.67. The van der Waals surface area contributed by atoms with Gasteiger partial charge in [0.25, 0.3) is 0 Å². The normalized spacial score (nSPS) is 10.1. The summed E-state index contributed by atoms with van der Waals surface area (Å²) < 4.78 is 0. The van der Waals surface area contributed by atoms with Gasteiger partial charge in [-0.15, -0.1) is 0 Å². The predicted molar refractivity (Wildman–Crippen MR) is 108 cm³/mol. The number of carbonyl (C=O) groups excluding carboxylic acids is 2. The molecule has 0 saturated carbocycles. The standard InChI is InChI=1S/C22H21N3O2/c1-16(26)24-21-9-5-6-17(14-21)15-23-22(27)25-20-12-10-19(11-13-20)18-7-3-2-4-8-18/h2-14H,15H2,1H3,(H,24,26)(H2,23,25,27). The van der Waals surface area contributed by atoms with Crippen LogP contribution >= 0.6 is 0 Å². The fraction of sp³-hybridized carbons (Fsp3) is 0.0909. The van der Waals surface area contributed by atoms with Gasteiger partial charge in [0, 0.05) is 24.8 Å². The number of benzene rings is 3. The lowest BCUT2D eigenvalue weighted by atomic mass is 10.1. The summed E-state index contributed by atoms with van der Waals surface area (Å²) >= 11 is 0. The van der Waals surface area contributed by atoms with E-state index in [1.54, 1.807) is 6.07 Å². The number of nitrogens with one attached hydrogen (secondary N) is 3. The van der Waals surface area contributed by atoms with E-state index in [4.69, 9.17) is 0 Å². The first-order valence-corrected chi connectivity index (χ1v) is 8.67. The van der Waals surface area contributed by atoms with Crippen molar-refractivity contribution in [2.75, 3.05) is 10.6 Å². The van der Waals surface area contributed by atoms with E-state index in [-0.39, 0.29) is 11.9 Å². The van der Waals surface area contributed by atoms with Crippen LogP contribution in [0.5, 0.6) is 0 Å². The minimum absolute atomic E-state index is 0.128. The molecule has 0 aliphatic carbocycles. The molecule has 3 aromatic rings. The molecule has 0 aliphatic heterocycles. The topological polar surface area (TPSA) is 70.2 Å². The van der Waals surface area contributed by atoms with Crippen molar-refractivity contribution >= 4 is 23.3 Å². The molecule has 3 N–H and O–H groups in total. The maximum atomic E-state index is 12.1. The Morgan fingerprint density at radius 2 is 1.44 bits per heavy atom. The van der Waals surface area contributed by atoms with Crippen molar-refractivity contribution in [3.05, 3.63) is 84.4 Å². The molecule has 5 nitrogen and oxygen atoms in total. The Balaban J connectivity index is 1.54. The summed E-state index contributed by atoms with van der Waals surface area (Å²) in [6.45, 7) is 1.82. The van der Waals surface area contributed by atoms with Crippen molar-refractivity contribution in [1.82, 2.24) is 5.32 Å². The molecule has 5 heteroatoms. The third-order valence-electron chi connectivity index (χ3n) is 3.95. The predicted octanol–water partition coefficient (Wildman–Crippen LogP) is 4.63. The van der Waals surface area contributed by atoms with E-state index in [0.29, 0.717) is 12.2 Å². The van der Waals surface area contributed by atoms with Crippen molar-refractivity contribution in [1.29, 1.82) is 0 Å². The van der Waals surface area contributed by atoms with Gasteiger partial charge in [0.05, 0.1) is 0 Å². The van der Waals surface area contributed by atoms with E-state index in [2.05, 4.69) is 16.0 Å². The Bertz CT molecular complexity index is 922. The van der Waals surface area contributed by atoms with Crippen LogP contribution in [0.25, 0.3) is 11.1 Å². The SMILES string of the molecule is CC(=O)Nc1cccc(CNC(=O)Nc2ccc(-c3ccccc3)cc2)c1. The van der Waals surface area contributed by atoms with Crippen LogP contribution < -0.4 is 16.0 Å². The van der Waals surface area contributed by atoms with Gasteiger partial charge in [0.15, 0.2) is 0 Å². The van der Waals surface area contributed by atoms with Gasteiger partial charge in [0.2, 0.25) is 5.91 Å². The maximum absolute atomic E-state index is 12.1. The number of carbonyl (C=O) groups is 2. The fourth-order valence-corrected chi connectivity index (χ4v) is 2.70. The van der Waals surface area contributed by atoms with E-state index >= 15 is 0 Å². The van der Waals surface area contributed by atoms with Crippen molar-refractivity contribution < 1.29 is 9.59 Å². The zero-order valence-corrected chi connectivity index (χ0v) is 15.0. The van der Waals surface area contributed by atoms with E-state index in [9.17, 15) is 9.59 Å². The summed E-state index contributed by atoms with van der Waals surface area (Å²) in [6, 6.07) is 24.8. The first kappa shape index (κ1) is 18.2. The van der Waals surface area contributed by atoms with Gasteiger partial charge in [-0.05, 0) is 41.0 Å². The molecular weight excluding hydrogens is 338 g/mol. The molecule has 0 radical (unpaired) electrons. The quantitative estimate of drug-likeness (QED) is 0.621. The zero-order valence-electron chi connectivity index (χ0n) is 15.0. The molecule has 3 amide bonds. The van der Waals surface area contributed by atoms with Crippen LogP contribution in [0.4, 0.5) is 16.2 Å². The van der Waals surface area contributed by atoms with E-state index in [0.717, 1.165) is 22.4 Å². The lowest BCUT2D eigenvalue weighted by Gasteiger charge is -2.10. The van der Waals surface area contributed by atoms with Crippen molar-refractivity contribution in [2.45, 2.75) is 13.5 Å². The number of urea groups is 1. The lowest BCUT2D eigenvalue weighted by Crippen LogP contribution is -2.28. The molecule has 136 valence electrons. The minimum atomic E-state index is -0.285. The Kier molecular flexibility index (Phi) is 5.84. The van der Waals surface area contributed by atoms with Gasteiger partial charge < -0.3 is 16.0 Å². The molecule has 0 heterocycles. The van der Waals surface area contributed by atoms with Gasteiger partial charge in [-0.2, -0.15) is 0 Å². The Morgan fingerprint density at radius 1 is 0.741 bits per heavy atom. The number of hydrogen-bond acceptors (Lipinski definition) is 2. The summed E-state index contributed by atoms with van der Waals surface area (Å²) in [4.78, 5) is 23.2. The van der Waals surface area contributed by atoms with Crippen molar-refractivity contribution in [3.8, 4) is 11.1 Å². The summed E-state index contributed by atoms with van der Waals surface area (Å²) in [5.74, 6) is -0.128. The molecule has 0 atom stereocenters. The van der Waals surface area contributed by atoms with Crippen LogP contribution in [0.2, 0.25) is 0 Å². The summed E-state index contributed by atoms with van der Waals surface area (Å²) in [5, 5.41) is 8.35. The number of rotatable bonds is 5. The number of amides is 3. The fourth-order valence-electron chi connectivity index (χ4n) is 2.70. The average molecular weight is 359 g/mol. The number of anilines is 2. The second-order valence-electron chi connectivity index (χ2n) is 6.13. The van der Waals surface area contributed by atoms with E-state index in [1.807, 2.05) is 72.8 Å². The van der Waals surface area contributed by atoms with Crippen LogP contribution in [-0.4, -0.2) is 11.9 Å². The molecule has 0 unspecified atom stereocenters. The zero-order chi connectivity index (χ0) is 19.1. The molecule has 27 heavy (non-hydrogen) atoms. The van der Waals surface area contributed by atoms with Crippen LogP contribution in [0.1, 0.15) is 12.5 Å². The average Bonchev–Trinajstić information content (AvgIpc) is 2.67. The highest BCUT2D eigenvalue weighted by Crippen LogP contribution is 2.21. The molecule has 0 aliphatic rings. The Morgan fingerprint density at radius 3 is 2.15 bits per heavy atom. The van der Waals surface area contributed by atoms with Gasteiger partial charge in [-0.25, -0.2) is 4.79 Å². The highest BCUT2D eigenvalue weighted by molar-refractivity contribution is 5.90. The molecule has 0 bridgehead atoms. The molecule has 0 aromatic heterocycles. The van der Waals surface area contributed by atoms with Gasteiger partial charge in [-0.3, -0.25) is 4.79 Å². The third kappa shape index (κ3) is 5.44. The smallest absolute Gasteiger partial charge is 0.319 e. The highest BCUT2D eigenvalue weighted by atomic mass is 16.2. The highest BCUT2D eigenvalue weighted by Gasteiger charge is 2.04. The van der Waals surface area contributed by atoms with Crippen molar-refractivity contribution in [2.24, 2.45) is 0 Å². The Labute approximate surface area is 158 Å². The van der Waals surface area contributed by atoms with Crippen LogP contribution in [0.15, 0.2) is 78.9 Å². The minimum Gasteiger partial charge on any atom is -0.334 e. The van der Waals surface area contributed by atoms with Crippen molar-refractivity contribution in [3.63, 3.8) is 0 Å². The molecule has 0 fully saturated rings. The Hall–Kier alpha value is -3.60. The van der Waals surface area contributed by atoms with Gasteiger partial charge in [-0.1, -0.05) is 54.6 Å². The second-order valence-corrected chi connectivity index (χ2v) is 6.13. The van der Waals surface area contributed by atoms with Gasteiger partial charge >= 0.3 is 6.03 Å². The van der Waals surface area contributed by atoms with Crippen LogP contribution in [-0.2, 0) is 11.3 Å². The monoisotopic (exact) mass is 359 g/mol. The van der Waals surface area contributed by atoms with E-state index in [1.165, 1.54) is 6.92 Å². The summed E-state index contributed by atoms with van der Waals surface area (Å²) in [5.41, 5.74) is 4.55. The van der Waals surface area contributed by atoms with Gasteiger partial charge in [0.1, 0.15) is 0 Å². The lowest BCUT2D eigenvalue weighted by molar-refractivity contribution is -0.114. The molecular formula is C22H21N3O2. The molecule has 3 aromatic carbocycles. The first-order valence-electron chi connectivity index (χ1n) is 8.67. The largest absolute Gasteiger partial charge is 0.334 e. The van der Waals surface area contributed by atoms with E-state index < -0.39 is 0 Å². The van der Waals surface area contributed by atoms with Crippen LogP contribution in [0, 0.1) is 0 Å². The van der Waals surface area contributed by atoms with Crippen LogP contribution in [0.3, 0.4) is 0 Å². The molecule has 0 saturated heterocycles. The maximum Gasteiger partial charge on any atom is 0.319 e. The summed E-state index contributed by atoms with van der Waals surface area (Å²) in [7, 11) is 0. The first-order chi connectivity index (χ1) is 13.1. The summed E-state index contributed by atoms with van der Waals surface area (Å²) in [6.07, 6.45) is 0. The third-order valence-corrected chi connectivity index (χ3v) is 3.95. The molecule has 3 rings (SSSR count). The molecule has 0 spiro atoms. The number of hydrogen-bond donors (Lipinski definition) is 3.